The molecule has 3 nitrogen and oxygen atoms in total. The average molecular weight is 368 g/mol. The van der Waals surface area contributed by atoms with Crippen LogP contribution in [0.4, 0.5) is 5.82 Å². The second-order valence-electron chi connectivity index (χ2n) is 6.09. The monoisotopic (exact) mass is 367 g/mol. The molecule has 3 heterocycles. The van der Waals surface area contributed by atoms with Crippen molar-refractivity contribution in [2.75, 3.05) is 0 Å². The van der Waals surface area contributed by atoms with E-state index in [9.17, 15) is 0 Å². The molecule has 116 valence electrons. The molecule has 4 rings (SSSR count). The van der Waals surface area contributed by atoms with Crippen molar-refractivity contribution in [1.82, 2.24) is 9.38 Å². The van der Waals surface area contributed by atoms with Crippen molar-refractivity contribution in [3.8, 4) is 11.3 Å². The summed E-state index contributed by atoms with van der Waals surface area (Å²) < 4.78 is 3.30. The lowest BCUT2D eigenvalue weighted by Gasteiger charge is -2.19. The number of aromatic nitrogens is 2. The lowest BCUT2D eigenvalue weighted by Crippen LogP contribution is -2.11. The van der Waals surface area contributed by atoms with Gasteiger partial charge in [-0.1, -0.05) is 48.0 Å². The van der Waals surface area contributed by atoms with Crippen LogP contribution in [0.2, 0.25) is 0 Å². The zero-order valence-corrected chi connectivity index (χ0v) is 14.8. The van der Waals surface area contributed by atoms with E-state index in [1.807, 2.05) is 12.1 Å². The third-order valence-corrected chi connectivity index (χ3v) is 5.18. The Kier molecular flexibility index (Phi) is 3.57. The van der Waals surface area contributed by atoms with Crippen molar-refractivity contribution in [2.45, 2.75) is 26.2 Å². The summed E-state index contributed by atoms with van der Waals surface area (Å²) >= 11 is 3.49. The van der Waals surface area contributed by atoms with Gasteiger partial charge in [0.15, 0.2) is 5.82 Å². The fraction of sp³-hybridized carbons (Fsp3) is 0.263. The third kappa shape index (κ3) is 2.32. The quantitative estimate of drug-likeness (QED) is 0.578. The van der Waals surface area contributed by atoms with Crippen LogP contribution in [0.1, 0.15) is 31.9 Å². The van der Waals surface area contributed by atoms with Gasteiger partial charge in [-0.25, -0.2) is 9.98 Å². The van der Waals surface area contributed by atoms with Gasteiger partial charge in [0.25, 0.3) is 0 Å². The summed E-state index contributed by atoms with van der Waals surface area (Å²) in [6.07, 6.45) is 3.18. The van der Waals surface area contributed by atoms with Crippen molar-refractivity contribution >= 4 is 33.6 Å². The fourth-order valence-corrected chi connectivity index (χ4v) is 3.72. The molecule has 0 radical (unpaired) electrons. The van der Waals surface area contributed by atoms with E-state index in [0.29, 0.717) is 11.8 Å². The number of rotatable bonds is 2. The molecule has 0 aliphatic carbocycles. The first-order valence-electron chi connectivity index (χ1n) is 8.00. The third-order valence-electron chi connectivity index (χ3n) is 4.65. The Bertz CT molecular complexity index is 893. The maximum atomic E-state index is 4.85. The molecular formula is C19H18BrN3. The SMILES string of the molecule is CC[C@H]1c2cccc3nc(-c4ccc(Br)cc4)c(n23)N=C[C@H]1C. The molecule has 3 aromatic rings. The molecule has 0 saturated heterocycles. The van der Waals surface area contributed by atoms with Gasteiger partial charge in [-0.05, 0) is 36.6 Å². The lowest BCUT2D eigenvalue weighted by molar-refractivity contribution is 0.551. The van der Waals surface area contributed by atoms with Crippen molar-refractivity contribution in [3.63, 3.8) is 0 Å². The van der Waals surface area contributed by atoms with E-state index in [2.05, 4.69) is 70.7 Å². The Hall–Kier alpha value is -1.94. The summed E-state index contributed by atoms with van der Waals surface area (Å²) in [6.45, 7) is 4.49. The summed E-state index contributed by atoms with van der Waals surface area (Å²) in [5.74, 6) is 1.83. The topological polar surface area (TPSA) is 29.7 Å². The predicted octanol–water partition coefficient (Wildman–Crippen LogP) is 5.61. The summed E-state index contributed by atoms with van der Waals surface area (Å²) in [5.41, 5.74) is 4.32. The Morgan fingerprint density at radius 1 is 1.13 bits per heavy atom. The Balaban J connectivity index is 2.02. The summed E-state index contributed by atoms with van der Waals surface area (Å²) in [6, 6.07) is 14.6. The van der Waals surface area contributed by atoms with Crippen molar-refractivity contribution in [1.29, 1.82) is 0 Å². The first-order chi connectivity index (χ1) is 11.2. The molecule has 2 aromatic heterocycles. The maximum Gasteiger partial charge on any atom is 0.165 e. The fourth-order valence-electron chi connectivity index (χ4n) is 3.45. The van der Waals surface area contributed by atoms with E-state index in [4.69, 9.17) is 9.98 Å². The van der Waals surface area contributed by atoms with Crippen LogP contribution in [-0.4, -0.2) is 15.6 Å². The highest BCUT2D eigenvalue weighted by molar-refractivity contribution is 9.10. The zero-order chi connectivity index (χ0) is 16.0. The van der Waals surface area contributed by atoms with Crippen LogP contribution in [-0.2, 0) is 0 Å². The van der Waals surface area contributed by atoms with Gasteiger partial charge in [-0.2, -0.15) is 0 Å². The molecular weight excluding hydrogens is 350 g/mol. The van der Waals surface area contributed by atoms with Crippen LogP contribution >= 0.6 is 15.9 Å². The van der Waals surface area contributed by atoms with Gasteiger partial charge < -0.3 is 0 Å². The van der Waals surface area contributed by atoms with E-state index in [-0.39, 0.29) is 0 Å². The van der Waals surface area contributed by atoms with Gasteiger partial charge in [0.2, 0.25) is 0 Å². The standard InChI is InChI=1S/C19H18BrN3/c1-3-15-12(2)11-21-19-18(13-7-9-14(20)10-8-13)22-17-6-4-5-16(15)23(17)19/h4-12,15H,3H2,1-2H3/t12-,15-/m1/s1. The van der Waals surface area contributed by atoms with E-state index >= 15 is 0 Å². The molecule has 1 aromatic carbocycles. The van der Waals surface area contributed by atoms with E-state index < -0.39 is 0 Å². The number of benzene rings is 1. The first kappa shape index (κ1) is 14.6. The number of pyridine rings is 1. The van der Waals surface area contributed by atoms with E-state index in [0.717, 1.165) is 33.6 Å². The average Bonchev–Trinajstić information content (AvgIpc) is 2.86. The summed E-state index contributed by atoms with van der Waals surface area (Å²) in [5, 5.41) is 0. The minimum atomic E-state index is 0.420. The minimum Gasteiger partial charge on any atom is -0.281 e. The number of hydrogen-bond acceptors (Lipinski definition) is 2. The molecule has 0 saturated carbocycles. The molecule has 1 aliphatic heterocycles. The van der Waals surface area contributed by atoms with E-state index in [1.54, 1.807) is 0 Å². The van der Waals surface area contributed by atoms with Gasteiger partial charge in [-0.3, -0.25) is 4.40 Å². The maximum absolute atomic E-state index is 4.85. The van der Waals surface area contributed by atoms with Crippen molar-refractivity contribution < 1.29 is 0 Å². The van der Waals surface area contributed by atoms with Crippen LogP contribution in [0.5, 0.6) is 0 Å². The number of hydrogen-bond donors (Lipinski definition) is 0. The molecule has 0 unspecified atom stereocenters. The molecule has 0 amide bonds. The Morgan fingerprint density at radius 2 is 1.91 bits per heavy atom. The predicted molar refractivity (Wildman–Crippen MR) is 98.7 cm³/mol. The Labute approximate surface area is 144 Å². The highest BCUT2D eigenvalue weighted by Crippen LogP contribution is 2.38. The highest BCUT2D eigenvalue weighted by Gasteiger charge is 2.25. The molecule has 0 fully saturated rings. The smallest absolute Gasteiger partial charge is 0.165 e. The van der Waals surface area contributed by atoms with Gasteiger partial charge in [0.05, 0.1) is 0 Å². The Morgan fingerprint density at radius 3 is 2.65 bits per heavy atom. The van der Waals surface area contributed by atoms with E-state index in [1.165, 1.54) is 5.69 Å². The molecule has 2 atom stereocenters. The first-order valence-corrected chi connectivity index (χ1v) is 8.80. The lowest BCUT2D eigenvalue weighted by atomic mass is 9.89. The summed E-state index contributed by atoms with van der Waals surface area (Å²) in [7, 11) is 0. The molecule has 1 aliphatic rings. The van der Waals surface area contributed by atoms with Crippen LogP contribution in [0.25, 0.3) is 16.9 Å². The molecule has 4 heteroatoms. The van der Waals surface area contributed by atoms with Crippen LogP contribution in [0.15, 0.2) is 51.9 Å². The second kappa shape index (κ2) is 5.60. The largest absolute Gasteiger partial charge is 0.281 e. The molecule has 23 heavy (non-hydrogen) atoms. The van der Waals surface area contributed by atoms with Gasteiger partial charge in [0, 0.05) is 27.9 Å². The molecule has 0 bridgehead atoms. The number of halogens is 1. The zero-order valence-electron chi connectivity index (χ0n) is 13.2. The normalized spacial score (nSPS) is 20.0. The number of imidazole rings is 1. The second-order valence-corrected chi connectivity index (χ2v) is 7.00. The van der Waals surface area contributed by atoms with Gasteiger partial charge in [-0.15, -0.1) is 0 Å². The van der Waals surface area contributed by atoms with Gasteiger partial charge >= 0.3 is 0 Å². The van der Waals surface area contributed by atoms with Crippen LogP contribution in [0.3, 0.4) is 0 Å². The number of aliphatic imine (C=N–C) groups is 1. The van der Waals surface area contributed by atoms with Crippen LogP contribution in [0, 0.1) is 5.92 Å². The number of nitrogens with zero attached hydrogens (tertiary/aromatic N) is 3. The summed E-state index contributed by atoms with van der Waals surface area (Å²) in [4.78, 5) is 9.66. The van der Waals surface area contributed by atoms with Crippen LogP contribution < -0.4 is 0 Å². The molecule has 0 N–H and O–H groups in total. The van der Waals surface area contributed by atoms with Crippen molar-refractivity contribution in [3.05, 3.63) is 52.6 Å². The molecule has 0 spiro atoms. The van der Waals surface area contributed by atoms with Gasteiger partial charge in [0.1, 0.15) is 11.3 Å². The highest BCUT2D eigenvalue weighted by atomic mass is 79.9. The van der Waals surface area contributed by atoms with Crippen molar-refractivity contribution in [2.24, 2.45) is 10.9 Å². The minimum absolute atomic E-state index is 0.420.